The lowest BCUT2D eigenvalue weighted by molar-refractivity contribution is -0.116. The molecule has 30 heavy (non-hydrogen) atoms. The molecule has 1 aromatic heterocycles. The first-order valence-electron chi connectivity index (χ1n) is 10.4. The van der Waals surface area contributed by atoms with E-state index in [2.05, 4.69) is 32.5 Å². The number of anilines is 2. The van der Waals surface area contributed by atoms with Crippen LogP contribution in [0.3, 0.4) is 0 Å². The number of carbonyl (C=O) groups excluding carboxylic acids is 1. The molecule has 0 radical (unpaired) electrons. The van der Waals surface area contributed by atoms with Crippen molar-refractivity contribution in [2.24, 2.45) is 0 Å². The maximum atomic E-state index is 12.2. The van der Waals surface area contributed by atoms with Gasteiger partial charge in [0.05, 0.1) is 6.61 Å². The summed E-state index contributed by atoms with van der Waals surface area (Å²) in [6.45, 7) is 4.78. The van der Waals surface area contributed by atoms with Gasteiger partial charge in [-0.05, 0) is 68.3 Å². The van der Waals surface area contributed by atoms with Gasteiger partial charge in [-0.25, -0.2) is 0 Å². The number of carbonyl (C=O) groups is 1. The van der Waals surface area contributed by atoms with E-state index in [1.54, 1.807) is 0 Å². The zero-order chi connectivity index (χ0) is 20.8. The van der Waals surface area contributed by atoms with Crippen LogP contribution >= 0.6 is 0 Å². The second kappa shape index (κ2) is 9.43. The molecule has 0 spiro atoms. The Morgan fingerprint density at radius 2 is 1.83 bits per heavy atom. The van der Waals surface area contributed by atoms with Crippen molar-refractivity contribution in [2.45, 2.75) is 32.6 Å². The van der Waals surface area contributed by atoms with Gasteiger partial charge in [-0.1, -0.05) is 5.16 Å². The largest absolute Gasteiger partial charge is 0.494 e. The lowest BCUT2D eigenvalue weighted by atomic mass is 10.2. The molecule has 1 saturated heterocycles. The molecule has 2 heterocycles. The van der Waals surface area contributed by atoms with Crippen LogP contribution in [0.2, 0.25) is 0 Å². The van der Waals surface area contributed by atoms with Crippen molar-refractivity contribution < 1.29 is 14.1 Å². The van der Waals surface area contributed by atoms with E-state index in [4.69, 9.17) is 9.26 Å². The molecule has 0 atom stereocenters. The summed E-state index contributed by atoms with van der Waals surface area (Å²) >= 11 is 0. The van der Waals surface area contributed by atoms with Gasteiger partial charge in [0.2, 0.25) is 17.6 Å². The van der Waals surface area contributed by atoms with E-state index in [1.165, 1.54) is 18.5 Å². The highest BCUT2D eigenvalue weighted by molar-refractivity contribution is 5.90. The van der Waals surface area contributed by atoms with E-state index < -0.39 is 0 Å². The third-order valence-electron chi connectivity index (χ3n) is 5.08. The lowest BCUT2D eigenvalue weighted by Gasteiger charge is -2.17. The molecule has 7 heteroatoms. The predicted octanol–water partition coefficient (Wildman–Crippen LogP) is 4.31. The van der Waals surface area contributed by atoms with Crippen LogP contribution in [-0.2, 0) is 11.2 Å². The summed E-state index contributed by atoms with van der Waals surface area (Å²) < 4.78 is 10.7. The van der Waals surface area contributed by atoms with Gasteiger partial charge < -0.3 is 19.5 Å². The van der Waals surface area contributed by atoms with Gasteiger partial charge in [0, 0.05) is 42.9 Å². The Kier molecular flexibility index (Phi) is 6.27. The predicted molar refractivity (Wildman–Crippen MR) is 116 cm³/mol. The van der Waals surface area contributed by atoms with Gasteiger partial charge in [0.1, 0.15) is 5.75 Å². The number of hydrogen-bond acceptors (Lipinski definition) is 6. The molecule has 1 aliphatic rings. The number of aryl methyl sites for hydroxylation is 1. The van der Waals surface area contributed by atoms with Crippen LogP contribution in [0.5, 0.6) is 5.75 Å². The van der Waals surface area contributed by atoms with Crippen molar-refractivity contribution in [3.63, 3.8) is 0 Å². The maximum absolute atomic E-state index is 12.2. The first kappa shape index (κ1) is 19.9. The normalized spacial score (nSPS) is 13.4. The van der Waals surface area contributed by atoms with Gasteiger partial charge in [-0.15, -0.1) is 0 Å². The molecular weight excluding hydrogens is 380 g/mol. The average molecular weight is 406 g/mol. The molecule has 7 nitrogen and oxygen atoms in total. The lowest BCUT2D eigenvalue weighted by Crippen LogP contribution is -2.17. The summed E-state index contributed by atoms with van der Waals surface area (Å²) in [4.78, 5) is 19.0. The van der Waals surface area contributed by atoms with Gasteiger partial charge in [-0.2, -0.15) is 4.98 Å². The average Bonchev–Trinajstić information content (AvgIpc) is 3.47. The minimum Gasteiger partial charge on any atom is -0.494 e. The Hall–Kier alpha value is -3.35. The topological polar surface area (TPSA) is 80.5 Å². The van der Waals surface area contributed by atoms with Gasteiger partial charge in [-0.3, -0.25) is 4.79 Å². The molecule has 4 rings (SSSR count). The van der Waals surface area contributed by atoms with Crippen molar-refractivity contribution in [1.82, 2.24) is 10.1 Å². The number of aromatic nitrogens is 2. The van der Waals surface area contributed by atoms with Crippen LogP contribution in [0.4, 0.5) is 11.4 Å². The molecule has 0 bridgehead atoms. The Morgan fingerprint density at radius 3 is 2.53 bits per heavy atom. The summed E-state index contributed by atoms with van der Waals surface area (Å²) in [5, 5.41) is 6.92. The number of nitrogens with one attached hydrogen (secondary N) is 1. The Bertz CT molecular complexity index is 961. The van der Waals surface area contributed by atoms with E-state index >= 15 is 0 Å². The minimum absolute atomic E-state index is 0.103. The first-order chi connectivity index (χ1) is 14.7. The SMILES string of the molecule is CCOc1ccc(NC(=O)CCc2nc(-c3ccc(N4CCCC4)cc3)no2)cc1. The maximum Gasteiger partial charge on any atom is 0.227 e. The van der Waals surface area contributed by atoms with Crippen LogP contribution in [0.15, 0.2) is 53.1 Å². The molecule has 0 saturated carbocycles. The third kappa shape index (κ3) is 4.97. The van der Waals surface area contributed by atoms with Crippen molar-refractivity contribution in [3.8, 4) is 17.1 Å². The highest BCUT2D eigenvalue weighted by Crippen LogP contribution is 2.24. The van der Waals surface area contributed by atoms with E-state index in [9.17, 15) is 4.79 Å². The van der Waals surface area contributed by atoms with Crippen molar-refractivity contribution >= 4 is 17.3 Å². The number of rotatable bonds is 8. The van der Waals surface area contributed by atoms with Crippen LogP contribution in [0.25, 0.3) is 11.4 Å². The second-order valence-corrected chi connectivity index (χ2v) is 7.26. The van der Waals surface area contributed by atoms with Crippen molar-refractivity contribution in [1.29, 1.82) is 0 Å². The van der Waals surface area contributed by atoms with E-state index in [0.717, 1.165) is 30.1 Å². The van der Waals surface area contributed by atoms with E-state index in [-0.39, 0.29) is 12.3 Å². The number of benzene rings is 2. The number of amides is 1. The summed E-state index contributed by atoms with van der Waals surface area (Å²) in [5.41, 5.74) is 2.87. The molecule has 0 unspecified atom stereocenters. The molecule has 1 fully saturated rings. The smallest absolute Gasteiger partial charge is 0.227 e. The van der Waals surface area contributed by atoms with Crippen LogP contribution in [0.1, 0.15) is 32.1 Å². The van der Waals surface area contributed by atoms with Crippen LogP contribution < -0.4 is 15.0 Å². The van der Waals surface area contributed by atoms with Crippen LogP contribution in [0, 0.1) is 0 Å². The summed E-state index contributed by atoms with van der Waals surface area (Å²) in [6.07, 6.45) is 3.16. The van der Waals surface area contributed by atoms with Crippen molar-refractivity contribution in [3.05, 3.63) is 54.4 Å². The highest BCUT2D eigenvalue weighted by Gasteiger charge is 2.14. The zero-order valence-corrected chi connectivity index (χ0v) is 17.1. The zero-order valence-electron chi connectivity index (χ0n) is 17.1. The monoisotopic (exact) mass is 406 g/mol. The van der Waals surface area contributed by atoms with Crippen LogP contribution in [-0.4, -0.2) is 35.7 Å². The molecule has 1 aliphatic heterocycles. The van der Waals surface area contributed by atoms with E-state index in [0.29, 0.717) is 24.7 Å². The van der Waals surface area contributed by atoms with E-state index in [1.807, 2.05) is 43.3 Å². The molecule has 0 aliphatic carbocycles. The molecular formula is C23H26N4O3. The fourth-order valence-corrected chi connectivity index (χ4v) is 3.52. The van der Waals surface area contributed by atoms with Crippen molar-refractivity contribution in [2.75, 3.05) is 29.9 Å². The summed E-state index contributed by atoms with van der Waals surface area (Å²) in [7, 11) is 0. The van der Waals surface area contributed by atoms with Gasteiger partial charge in [0.15, 0.2) is 0 Å². The minimum atomic E-state index is -0.103. The fraction of sp³-hybridized carbons (Fsp3) is 0.348. The third-order valence-corrected chi connectivity index (χ3v) is 5.08. The number of nitrogens with zero attached hydrogens (tertiary/aromatic N) is 3. The molecule has 1 N–H and O–H groups in total. The summed E-state index contributed by atoms with van der Waals surface area (Å²) in [5.74, 6) is 1.68. The quantitative estimate of drug-likeness (QED) is 0.601. The molecule has 156 valence electrons. The molecule has 3 aromatic rings. The highest BCUT2D eigenvalue weighted by atomic mass is 16.5. The Labute approximate surface area is 176 Å². The number of ether oxygens (including phenoxy) is 1. The summed E-state index contributed by atoms with van der Waals surface area (Å²) in [6, 6.07) is 15.5. The number of hydrogen-bond donors (Lipinski definition) is 1. The Morgan fingerprint density at radius 1 is 1.10 bits per heavy atom. The second-order valence-electron chi connectivity index (χ2n) is 7.26. The standard InChI is InChI=1S/C23H26N4O3/c1-2-29-20-11-7-18(8-12-20)24-21(28)13-14-22-25-23(26-30-22)17-5-9-19(10-6-17)27-15-3-4-16-27/h5-12H,2-4,13-16H2,1H3,(H,24,28). The van der Waals surface area contributed by atoms with Gasteiger partial charge >= 0.3 is 0 Å². The fourth-order valence-electron chi connectivity index (χ4n) is 3.52. The Balaban J connectivity index is 1.29. The molecule has 1 amide bonds. The van der Waals surface area contributed by atoms with Gasteiger partial charge in [0.25, 0.3) is 0 Å². The molecule has 2 aromatic carbocycles. The first-order valence-corrected chi connectivity index (χ1v) is 10.4.